The van der Waals surface area contributed by atoms with E-state index in [1.165, 1.54) is 0 Å². The third-order valence-electron chi connectivity index (χ3n) is 3.78. The first-order valence-corrected chi connectivity index (χ1v) is 7.79. The van der Waals surface area contributed by atoms with Crippen molar-refractivity contribution in [1.29, 1.82) is 0 Å². The summed E-state index contributed by atoms with van der Waals surface area (Å²) in [4.78, 5) is 17.2. The van der Waals surface area contributed by atoms with E-state index < -0.39 is 0 Å². The molecule has 0 amide bonds. The number of hydrogen-bond donors (Lipinski definition) is 0. The zero-order chi connectivity index (χ0) is 17.1. The smallest absolute Gasteiger partial charge is 0.321 e. The van der Waals surface area contributed by atoms with Crippen molar-refractivity contribution in [3.05, 3.63) is 73.4 Å². The number of pyridine rings is 1. The van der Waals surface area contributed by atoms with Gasteiger partial charge in [-0.1, -0.05) is 18.2 Å². The van der Waals surface area contributed by atoms with Gasteiger partial charge in [-0.2, -0.15) is 0 Å². The molecule has 3 heterocycles. The minimum Gasteiger partial charge on any atom is -0.424 e. The van der Waals surface area contributed by atoms with E-state index >= 15 is 0 Å². The van der Waals surface area contributed by atoms with Gasteiger partial charge in [0.2, 0.25) is 0 Å². The van der Waals surface area contributed by atoms with E-state index in [0.29, 0.717) is 11.8 Å². The molecule has 6 heteroatoms. The Morgan fingerprint density at radius 2 is 1.60 bits per heavy atom. The topological polar surface area (TPSA) is 65.7 Å². The third-order valence-corrected chi connectivity index (χ3v) is 3.78. The number of ether oxygens (including phenoxy) is 1. The molecule has 0 aliphatic carbocycles. The van der Waals surface area contributed by atoms with Crippen LogP contribution in [0.2, 0.25) is 0 Å². The van der Waals surface area contributed by atoms with E-state index in [9.17, 15) is 0 Å². The van der Waals surface area contributed by atoms with Crippen LogP contribution in [-0.2, 0) is 7.05 Å². The van der Waals surface area contributed by atoms with E-state index in [1.807, 2.05) is 54.1 Å². The summed E-state index contributed by atoms with van der Waals surface area (Å²) in [6.07, 6.45) is 8.80. The van der Waals surface area contributed by atoms with E-state index in [-0.39, 0.29) is 0 Å². The molecule has 0 fully saturated rings. The van der Waals surface area contributed by atoms with E-state index in [1.54, 1.807) is 31.0 Å². The summed E-state index contributed by atoms with van der Waals surface area (Å²) in [7, 11) is 1.96. The second-order valence-corrected chi connectivity index (χ2v) is 5.44. The average Bonchev–Trinajstić information content (AvgIpc) is 3.05. The molecule has 0 unspecified atom stereocenters. The number of aromatic nitrogens is 5. The maximum absolute atomic E-state index is 5.62. The zero-order valence-corrected chi connectivity index (χ0v) is 13.6. The molecule has 0 radical (unpaired) electrons. The van der Waals surface area contributed by atoms with Crippen LogP contribution in [0.5, 0.6) is 11.8 Å². The molecular weight excluding hydrogens is 314 g/mol. The molecule has 0 saturated heterocycles. The highest BCUT2D eigenvalue weighted by atomic mass is 16.5. The largest absolute Gasteiger partial charge is 0.424 e. The lowest BCUT2D eigenvalue weighted by atomic mass is 10.2. The van der Waals surface area contributed by atoms with Crippen LogP contribution in [0.25, 0.3) is 22.6 Å². The van der Waals surface area contributed by atoms with Crippen LogP contribution in [0.3, 0.4) is 0 Å². The van der Waals surface area contributed by atoms with Crippen LogP contribution >= 0.6 is 0 Å². The van der Waals surface area contributed by atoms with Crippen molar-refractivity contribution < 1.29 is 4.74 Å². The summed E-state index contributed by atoms with van der Waals surface area (Å²) in [5.41, 5.74) is 2.75. The SMILES string of the molecule is Cn1c(-c2cnc(Oc3ccccc3)nc2)cnc1-c1cccnc1. The third kappa shape index (κ3) is 3.10. The number of benzene rings is 1. The molecule has 6 nitrogen and oxygen atoms in total. The van der Waals surface area contributed by atoms with Gasteiger partial charge >= 0.3 is 6.01 Å². The fourth-order valence-corrected chi connectivity index (χ4v) is 2.54. The summed E-state index contributed by atoms with van der Waals surface area (Å²) in [5.74, 6) is 1.54. The molecular formula is C19H15N5O. The van der Waals surface area contributed by atoms with Crippen LogP contribution in [0.1, 0.15) is 0 Å². The Kier molecular flexibility index (Phi) is 3.92. The normalized spacial score (nSPS) is 10.6. The fourth-order valence-electron chi connectivity index (χ4n) is 2.54. The molecule has 0 N–H and O–H groups in total. The number of para-hydroxylation sites is 1. The van der Waals surface area contributed by atoms with Crippen LogP contribution in [-0.4, -0.2) is 24.5 Å². The van der Waals surface area contributed by atoms with Crippen molar-refractivity contribution in [1.82, 2.24) is 24.5 Å². The van der Waals surface area contributed by atoms with Gasteiger partial charge in [0.25, 0.3) is 0 Å². The number of imidazole rings is 1. The number of hydrogen-bond acceptors (Lipinski definition) is 5. The molecule has 25 heavy (non-hydrogen) atoms. The molecule has 0 aliphatic heterocycles. The van der Waals surface area contributed by atoms with Gasteiger partial charge in [0, 0.05) is 43.0 Å². The Bertz CT molecular complexity index is 966. The van der Waals surface area contributed by atoms with Crippen LogP contribution in [0.4, 0.5) is 0 Å². The maximum Gasteiger partial charge on any atom is 0.321 e. The van der Waals surface area contributed by atoms with Crippen molar-refractivity contribution in [2.45, 2.75) is 0 Å². The van der Waals surface area contributed by atoms with Crippen molar-refractivity contribution in [3.63, 3.8) is 0 Å². The van der Waals surface area contributed by atoms with Gasteiger partial charge in [-0.15, -0.1) is 0 Å². The van der Waals surface area contributed by atoms with E-state index in [2.05, 4.69) is 19.9 Å². The van der Waals surface area contributed by atoms with Crippen LogP contribution in [0, 0.1) is 0 Å². The quantitative estimate of drug-likeness (QED) is 0.571. The maximum atomic E-state index is 5.62. The fraction of sp³-hybridized carbons (Fsp3) is 0.0526. The van der Waals surface area contributed by atoms with Crippen molar-refractivity contribution >= 4 is 0 Å². The lowest BCUT2D eigenvalue weighted by Crippen LogP contribution is -1.97. The molecule has 4 rings (SSSR count). The first kappa shape index (κ1) is 15.0. The summed E-state index contributed by atoms with van der Waals surface area (Å²) in [6, 6.07) is 13.6. The highest BCUT2D eigenvalue weighted by Gasteiger charge is 2.11. The number of nitrogens with zero attached hydrogens (tertiary/aromatic N) is 5. The molecule has 0 atom stereocenters. The van der Waals surface area contributed by atoms with Crippen molar-refractivity contribution in [2.24, 2.45) is 7.05 Å². The second kappa shape index (κ2) is 6.52. The Morgan fingerprint density at radius 1 is 0.800 bits per heavy atom. The highest BCUT2D eigenvalue weighted by molar-refractivity contribution is 5.64. The molecule has 3 aromatic heterocycles. The lowest BCUT2D eigenvalue weighted by molar-refractivity contribution is 0.442. The Labute approximate surface area is 144 Å². The molecule has 4 aromatic rings. The number of rotatable bonds is 4. The predicted octanol–water partition coefficient (Wildman–Crippen LogP) is 3.73. The Balaban J connectivity index is 1.60. The summed E-state index contributed by atoms with van der Waals surface area (Å²) in [5, 5.41) is 0. The van der Waals surface area contributed by atoms with E-state index in [4.69, 9.17) is 4.74 Å². The minimum atomic E-state index is 0.310. The van der Waals surface area contributed by atoms with Gasteiger partial charge < -0.3 is 9.30 Å². The highest BCUT2D eigenvalue weighted by Crippen LogP contribution is 2.25. The van der Waals surface area contributed by atoms with E-state index in [0.717, 1.165) is 22.6 Å². The summed E-state index contributed by atoms with van der Waals surface area (Å²) >= 11 is 0. The van der Waals surface area contributed by atoms with Crippen LogP contribution in [0.15, 0.2) is 73.4 Å². The van der Waals surface area contributed by atoms with Crippen molar-refractivity contribution in [3.8, 4) is 34.4 Å². The monoisotopic (exact) mass is 329 g/mol. The molecule has 0 bridgehead atoms. The Hall–Kier alpha value is -3.54. The van der Waals surface area contributed by atoms with Gasteiger partial charge in [0.15, 0.2) is 0 Å². The molecule has 0 spiro atoms. The molecule has 0 aliphatic rings. The predicted molar refractivity (Wildman–Crippen MR) is 94.0 cm³/mol. The van der Waals surface area contributed by atoms with Gasteiger partial charge in [-0.3, -0.25) is 4.98 Å². The molecule has 1 aromatic carbocycles. The molecule has 122 valence electrons. The Morgan fingerprint density at radius 3 is 2.32 bits per heavy atom. The summed E-state index contributed by atoms with van der Waals surface area (Å²) < 4.78 is 7.61. The lowest BCUT2D eigenvalue weighted by Gasteiger charge is -2.07. The average molecular weight is 329 g/mol. The van der Waals surface area contributed by atoms with Gasteiger partial charge in [0.05, 0.1) is 11.9 Å². The van der Waals surface area contributed by atoms with Crippen molar-refractivity contribution in [2.75, 3.05) is 0 Å². The van der Waals surface area contributed by atoms with Gasteiger partial charge in [-0.25, -0.2) is 15.0 Å². The van der Waals surface area contributed by atoms with Crippen LogP contribution < -0.4 is 4.74 Å². The zero-order valence-electron chi connectivity index (χ0n) is 13.6. The summed E-state index contributed by atoms with van der Waals surface area (Å²) in [6.45, 7) is 0. The first-order valence-electron chi connectivity index (χ1n) is 7.79. The molecule has 0 saturated carbocycles. The minimum absolute atomic E-state index is 0.310. The first-order chi connectivity index (χ1) is 12.3. The van der Waals surface area contributed by atoms with Gasteiger partial charge in [-0.05, 0) is 24.3 Å². The van der Waals surface area contributed by atoms with Gasteiger partial charge in [0.1, 0.15) is 11.6 Å². The second-order valence-electron chi connectivity index (χ2n) is 5.44. The standard InChI is InChI=1S/C19H15N5O/c1-24-17(13-21-18(24)14-6-5-9-20-10-14)15-11-22-19(23-12-15)25-16-7-3-2-4-8-16/h2-13H,1H3.